The molecule has 0 aromatic carbocycles. The minimum Gasteiger partial charge on any atom is -0.306 e. The van der Waals surface area contributed by atoms with Gasteiger partial charge in [0.15, 0.2) is 0 Å². The molecule has 1 atom stereocenters. The summed E-state index contributed by atoms with van der Waals surface area (Å²) in [5.74, 6) is 0. The van der Waals surface area contributed by atoms with Gasteiger partial charge in [-0.3, -0.25) is 4.98 Å². The minimum atomic E-state index is 0.295. The Morgan fingerprint density at radius 2 is 2.15 bits per heavy atom. The average molecular weight is 286 g/mol. The van der Waals surface area contributed by atoms with Crippen LogP contribution in [0.25, 0.3) is 0 Å². The summed E-state index contributed by atoms with van der Waals surface area (Å²) in [6.07, 6.45) is 7.25. The van der Waals surface area contributed by atoms with Crippen LogP contribution in [-0.4, -0.2) is 11.5 Å². The lowest BCUT2D eigenvalue weighted by Gasteiger charge is -2.16. The maximum Gasteiger partial charge on any atom is 0.0686 e. The van der Waals surface area contributed by atoms with Crippen LogP contribution in [0, 0.1) is 6.92 Å². The van der Waals surface area contributed by atoms with Gasteiger partial charge in [-0.15, -0.1) is 11.3 Å². The zero-order valence-corrected chi connectivity index (χ0v) is 13.1. The topological polar surface area (TPSA) is 24.9 Å². The number of hydrogen-bond donors (Lipinski definition) is 1. The monoisotopic (exact) mass is 286 g/mol. The Labute approximate surface area is 125 Å². The lowest BCUT2D eigenvalue weighted by Crippen LogP contribution is -2.21. The Bertz CT molecular complexity index is 548. The van der Waals surface area contributed by atoms with E-state index >= 15 is 0 Å². The number of rotatable bonds is 4. The van der Waals surface area contributed by atoms with Crippen molar-refractivity contribution in [1.29, 1.82) is 0 Å². The second-order valence-corrected chi connectivity index (χ2v) is 6.70. The fourth-order valence-corrected chi connectivity index (χ4v) is 4.25. The average Bonchev–Trinajstić information content (AvgIpc) is 2.89. The molecule has 0 saturated carbocycles. The van der Waals surface area contributed by atoms with Crippen LogP contribution in [0.2, 0.25) is 0 Å². The molecular weight excluding hydrogens is 264 g/mol. The number of nitrogens with zero attached hydrogens (tertiary/aromatic N) is 1. The number of aryl methyl sites for hydroxylation is 3. The van der Waals surface area contributed by atoms with Crippen molar-refractivity contribution in [3.05, 3.63) is 51.0 Å². The predicted octanol–water partition coefficient (Wildman–Crippen LogP) is 4.03. The molecule has 0 amide bonds. The van der Waals surface area contributed by atoms with Crippen LogP contribution in [-0.2, 0) is 12.8 Å². The Kier molecular flexibility index (Phi) is 4.18. The van der Waals surface area contributed by atoms with Crippen molar-refractivity contribution in [3.63, 3.8) is 0 Å². The lowest BCUT2D eigenvalue weighted by molar-refractivity contribution is 0.636. The number of fused-ring (bicyclic) bond motifs is 1. The van der Waals surface area contributed by atoms with Crippen LogP contribution in [0.3, 0.4) is 0 Å². The predicted molar refractivity (Wildman–Crippen MR) is 85.5 cm³/mol. The van der Waals surface area contributed by atoms with Crippen LogP contribution in [0.1, 0.15) is 52.4 Å². The summed E-state index contributed by atoms with van der Waals surface area (Å²) < 4.78 is 0. The number of hydrogen-bond acceptors (Lipinski definition) is 3. The zero-order valence-electron chi connectivity index (χ0n) is 12.3. The Morgan fingerprint density at radius 1 is 1.30 bits per heavy atom. The first-order chi connectivity index (χ1) is 9.78. The Balaban J connectivity index is 1.93. The van der Waals surface area contributed by atoms with Gasteiger partial charge in [0, 0.05) is 21.6 Å². The van der Waals surface area contributed by atoms with E-state index in [1.165, 1.54) is 36.1 Å². The largest absolute Gasteiger partial charge is 0.306 e. The van der Waals surface area contributed by atoms with E-state index in [9.17, 15) is 0 Å². The van der Waals surface area contributed by atoms with Gasteiger partial charge in [-0.25, -0.2) is 0 Å². The van der Waals surface area contributed by atoms with Gasteiger partial charge in [-0.05, 0) is 62.4 Å². The third-order valence-corrected chi connectivity index (χ3v) is 5.28. The lowest BCUT2D eigenvalue weighted by atomic mass is 9.98. The summed E-state index contributed by atoms with van der Waals surface area (Å²) in [6.45, 7) is 5.18. The fraction of sp³-hybridized carbons (Fsp3) is 0.471. The standard InChI is InChI=1S/C17H22N2S/c1-3-18-17(14-9-8-12(2)19-11-14)16-10-13-6-4-5-7-15(13)20-16/h8-11,17-18H,3-7H2,1-2H3. The van der Waals surface area contributed by atoms with Gasteiger partial charge in [-0.2, -0.15) is 0 Å². The molecule has 1 aliphatic rings. The van der Waals surface area contributed by atoms with Gasteiger partial charge in [-0.1, -0.05) is 13.0 Å². The van der Waals surface area contributed by atoms with Crippen LogP contribution < -0.4 is 5.32 Å². The second kappa shape index (κ2) is 6.06. The van der Waals surface area contributed by atoms with E-state index in [4.69, 9.17) is 0 Å². The van der Waals surface area contributed by atoms with Crippen LogP contribution in [0.5, 0.6) is 0 Å². The summed E-state index contributed by atoms with van der Waals surface area (Å²) in [6, 6.07) is 7.03. The summed E-state index contributed by atoms with van der Waals surface area (Å²) in [5.41, 5.74) is 3.93. The van der Waals surface area contributed by atoms with Crippen molar-refractivity contribution in [2.75, 3.05) is 6.54 Å². The molecule has 1 N–H and O–H groups in total. The third-order valence-electron chi connectivity index (χ3n) is 3.98. The molecule has 2 aromatic heterocycles. The molecule has 2 aromatic rings. The van der Waals surface area contributed by atoms with Crippen molar-refractivity contribution >= 4 is 11.3 Å². The normalized spacial score (nSPS) is 15.9. The molecule has 2 heterocycles. The number of pyridine rings is 1. The molecule has 0 spiro atoms. The van der Waals surface area contributed by atoms with Gasteiger partial charge < -0.3 is 5.32 Å². The van der Waals surface area contributed by atoms with E-state index in [0.29, 0.717) is 6.04 Å². The highest BCUT2D eigenvalue weighted by Crippen LogP contribution is 2.35. The third kappa shape index (κ3) is 2.79. The van der Waals surface area contributed by atoms with Crippen molar-refractivity contribution in [1.82, 2.24) is 10.3 Å². The molecule has 0 fully saturated rings. The van der Waals surface area contributed by atoms with Gasteiger partial charge >= 0.3 is 0 Å². The van der Waals surface area contributed by atoms with Gasteiger partial charge in [0.05, 0.1) is 6.04 Å². The first kappa shape index (κ1) is 13.8. The summed E-state index contributed by atoms with van der Waals surface area (Å²) >= 11 is 1.99. The van der Waals surface area contributed by atoms with Crippen molar-refractivity contribution in [2.45, 2.75) is 45.6 Å². The number of thiophene rings is 1. The molecule has 3 heteroatoms. The fourth-order valence-electron chi connectivity index (χ4n) is 2.89. The summed E-state index contributed by atoms with van der Waals surface area (Å²) in [7, 11) is 0. The molecule has 2 nitrogen and oxygen atoms in total. The highest BCUT2D eigenvalue weighted by Gasteiger charge is 2.20. The van der Waals surface area contributed by atoms with E-state index < -0.39 is 0 Å². The highest BCUT2D eigenvalue weighted by atomic mass is 32.1. The second-order valence-electron chi connectivity index (χ2n) is 5.53. The van der Waals surface area contributed by atoms with E-state index in [1.54, 1.807) is 10.4 Å². The molecule has 0 saturated heterocycles. The van der Waals surface area contributed by atoms with Gasteiger partial charge in [0.2, 0.25) is 0 Å². The summed E-state index contributed by atoms with van der Waals surface area (Å²) in [4.78, 5) is 7.51. The maximum absolute atomic E-state index is 4.45. The van der Waals surface area contributed by atoms with Crippen LogP contribution in [0.4, 0.5) is 0 Å². The van der Waals surface area contributed by atoms with E-state index in [0.717, 1.165) is 12.2 Å². The SMILES string of the molecule is CCNC(c1ccc(C)nc1)c1cc2c(s1)CCCC2. The molecule has 1 unspecified atom stereocenters. The van der Waals surface area contributed by atoms with Crippen LogP contribution >= 0.6 is 11.3 Å². The maximum atomic E-state index is 4.45. The first-order valence-corrected chi connectivity index (χ1v) is 8.37. The quantitative estimate of drug-likeness (QED) is 0.918. The molecule has 3 rings (SSSR count). The van der Waals surface area contributed by atoms with Crippen molar-refractivity contribution in [3.8, 4) is 0 Å². The highest BCUT2D eigenvalue weighted by molar-refractivity contribution is 7.12. The smallest absolute Gasteiger partial charge is 0.0686 e. The van der Waals surface area contributed by atoms with Crippen molar-refractivity contribution in [2.24, 2.45) is 0 Å². The van der Waals surface area contributed by atoms with Gasteiger partial charge in [0.1, 0.15) is 0 Å². The first-order valence-electron chi connectivity index (χ1n) is 7.55. The van der Waals surface area contributed by atoms with E-state index in [1.807, 2.05) is 24.5 Å². The molecule has 0 radical (unpaired) electrons. The van der Waals surface area contributed by atoms with E-state index in [2.05, 4.69) is 35.4 Å². The Hall–Kier alpha value is -1.19. The van der Waals surface area contributed by atoms with Crippen molar-refractivity contribution < 1.29 is 0 Å². The molecule has 20 heavy (non-hydrogen) atoms. The Morgan fingerprint density at radius 3 is 2.85 bits per heavy atom. The number of aromatic nitrogens is 1. The molecule has 1 aliphatic carbocycles. The van der Waals surface area contributed by atoms with E-state index in [-0.39, 0.29) is 0 Å². The van der Waals surface area contributed by atoms with Crippen LogP contribution in [0.15, 0.2) is 24.4 Å². The molecule has 106 valence electrons. The molecule has 0 aliphatic heterocycles. The molecular formula is C17H22N2S. The van der Waals surface area contributed by atoms with Gasteiger partial charge in [0.25, 0.3) is 0 Å². The minimum absolute atomic E-state index is 0.295. The number of nitrogens with one attached hydrogen (secondary N) is 1. The zero-order chi connectivity index (χ0) is 13.9. The summed E-state index contributed by atoms with van der Waals surface area (Å²) in [5, 5.41) is 3.61. The molecule has 0 bridgehead atoms.